The fourth-order valence-electron chi connectivity index (χ4n) is 6.04. The Balaban J connectivity index is 0.0000101. The summed E-state index contributed by atoms with van der Waals surface area (Å²) in [4.78, 5) is 10.9. The zero-order valence-corrected chi connectivity index (χ0v) is 31.2. The van der Waals surface area contributed by atoms with Gasteiger partial charge in [-0.05, 0) is 124 Å². The molecule has 0 fully saturated rings. The minimum absolute atomic E-state index is 0. The van der Waals surface area contributed by atoms with E-state index in [4.69, 9.17) is 9.98 Å². The molecule has 0 saturated carbocycles. The van der Waals surface area contributed by atoms with Crippen LogP contribution in [-0.2, 0) is 42.2 Å². The van der Waals surface area contributed by atoms with E-state index in [2.05, 4.69) is 77.9 Å². The minimum atomic E-state index is 0. The van der Waals surface area contributed by atoms with Crippen LogP contribution in [0.3, 0.4) is 0 Å². The first-order chi connectivity index (χ1) is 21.6. The maximum atomic E-state index is 5.45. The zero-order valence-electron chi connectivity index (χ0n) is 30.2. The summed E-state index contributed by atoms with van der Waals surface area (Å²) in [5.41, 5.74) is 10.8. The molecule has 0 heterocycles. The van der Waals surface area contributed by atoms with Gasteiger partial charge in [-0.3, -0.25) is 9.98 Å². The van der Waals surface area contributed by atoms with Gasteiger partial charge in [0.15, 0.2) is 0 Å². The summed E-state index contributed by atoms with van der Waals surface area (Å²) < 4.78 is 0. The largest absolute Gasteiger partial charge is 0.252 e. The number of aryl methyl sites for hydroxylation is 4. The van der Waals surface area contributed by atoms with Crippen molar-refractivity contribution in [1.29, 1.82) is 0 Å². The van der Waals surface area contributed by atoms with Gasteiger partial charge in [0.25, 0.3) is 0 Å². The van der Waals surface area contributed by atoms with E-state index < -0.39 is 0 Å². The van der Waals surface area contributed by atoms with Crippen LogP contribution >= 0.6 is 0 Å². The van der Waals surface area contributed by atoms with Gasteiger partial charge in [-0.1, -0.05) is 118 Å². The third kappa shape index (κ3) is 16.6. The molecule has 2 nitrogen and oxygen atoms in total. The molecule has 0 amide bonds. The van der Waals surface area contributed by atoms with Gasteiger partial charge >= 0.3 is 0 Å². The van der Waals surface area contributed by atoms with Gasteiger partial charge in [-0.2, -0.15) is 0 Å². The predicted octanol–water partition coefficient (Wildman–Crippen LogP) is 13.8. The molecule has 0 atom stereocenters. The second-order valence-electron chi connectivity index (χ2n) is 13.1. The van der Waals surface area contributed by atoms with Crippen LogP contribution in [-0.4, -0.2) is 11.4 Å². The van der Waals surface area contributed by atoms with Crippen LogP contribution in [0.4, 0.5) is 11.4 Å². The first-order valence-electron chi connectivity index (χ1n) is 19.0. The van der Waals surface area contributed by atoms with Crippen molar-refractivity contribution >= 4 is 22.8 Å². The summed E-state index contributed by atoms with van der Waals surface area (Å²) in [5.74, 6) is 0. The van der Waals surface area contributed by atoms with E-state index >= 15 is 0 Å². The predicted molar refractivity (Wildman–Crippen MR) is 199 cm³/mol. The second kappa shape index (κ2) is 26.4. The number of unbranched alkanes of at least 4 members (excludes halogenated alkanes) is 10. The van der Waals surface area contributed by atoms with Crippen LogP contribution < -0.4 is 0 Å². The molecule has 2 aromatic rings. The number of hydrogen-bond acceptors (Lipinski definition) is 2. The summed E-state index contributed by atoms with van der Waals surface area (Å²) in [6.07, 6.45) is 26.8. The number of nitrogens with zero attached hydrogens (tertiary/aromatic N) is 2. The summed E-state index contributed by atoms with van der Waals surface area (Å²) in [7, 11) is 0. The Morgan fingerprint density at radius 3 is 1.18 bits per heavy atom. The number of rotatable bonds is 25. The summed E-state index contributed by atoms with van der Waals surface area (Å²) in [6, 6.07) is 14.1. The van der Waals surface area contributed by atoms with Gasteiger partial charge in [-0.15, -0.1) is 0 Å². The van der Waals surface area contributed by atoms with Gasteiger partial charge in [0.05, 0.1) is 22.8 Å². The monoisotopic (exact) mass is 658 g/mol. The van der Waals surface area contributed by atoms with Crippen molar-refractivity contribution < 1.29 is 16.5 Å². The molecule has 256 valence electrons. The van der Waals surface area contributed by atoms with Crippen LogP contribution in [0.2, 0.25) is 0 Å². The topological polar surface area (TPSA) is 24.7 Å². The zero-order chi connectivity index (χ0) is 31.8. The average Bonchev–Trinajstić information content (AvgIpc) is 3.04. The number of benzene rings is 2. The Bertz CT molecular complexity index is 1100. The fourth-order valence-corrected chi connectivity index (χ4v) is 6.04. The Labute approximate surface area is 289 Å². The van der Waals surface area contributed by atoms with Crippen LogP contribution in [0.15, 0.2) is 46.4 Å². The third-order valence-corrected chi connectivity index (χ3v) is 8.97. The van der Waals surface area contributed by atoms with Gasteiger partial charge in [0, 0.05) is 16.5 Å². The van der Waals surface area contributed by atoms with Crippen LogP contribution in [0.25, 0.3) is 0 Å². The quantitative estimate of drug-likeness (QED) is 0.0576. The molecule has 0 N–H and O–H groups in total. The Morgan fingerprint density at radius 1 is 0.400 bits per heavy atom. The van der Waals surface area contributed by atoms with E-state index in [1.807, 2.05) is 0 Å². The SMILES string of the molecule is CCCCCCCCC(=Nc1ccc(CCCC)c(CCCC)c1)C(CCCC)=Nc1ccc(CCCC)c(CCCC)c1.[Ni]. The smallest absolute Gasteiger partial charge is 0.0636 e. The van der Waals surface area contributed by atoms with Gasteiger partial charge < -0.3 is 0 Å². The molecule has 3 heteroatoms. The molecule has 45 heavy (non-hydrogen) atoms. The van der Waals surface area contributed by atoms with Crippen LogP contribution in [0.5, 0.6) is 0 Å². The number of hydrogen-bond donors (Lipinski definition) is 0. The standard InChI is InChI=1S/C42H68N2.Ni/c1-7-13-19-20-21-22-28-42(44-40-32-30-36(24-15-9-3)38(34-40)26-17-11-5)41(27-18-12-6)43-39-31-29-35(23-14-8-2)37(33-39)25-16-10-4;/h29-34H,7-28H2,1-6H3;. The van der Waals surface area contributed by atoms with Crippen LogP contribution in [0, 0.1) is 0 Å². The molecule has 0 aliphatic heterocycles. The first kappa shape index (κ1) is 41.3. The Hall–Kier alpha value is -1.73. The number of aliphatic imine (C=N–C) groups is 2. The van der Waals surface area contributed by atoms with Crippen molar-refractivity contribution in [2.75, 3.05) is 0 Å². The van der Waals surface area contributed by atoms with E-state index in [1.165, 1.54) is 143 Å². The molecule has 0 saturated heterocycles. The summed E-state index contributed by atoms with van der Waals surface area (Å²) in [5, 5.41) is 0. The molecular formula is C42H68N2Ni. The average molecular weight is 660 g/mol. The van der Waals surface area contributed by atoms with E-state index in [0.717, 1.165) is 43.5 Å². The van der Waals surface area contributed by atoms with Gasteiger partial charge in [0.2, 0.25) is 0 Å². The molecule has 0 aliphatic carbocycles. The van der Waals surface area contributed by atoms with Crippen molar-refractivity contribution in [1.82, 2.24) is 0 Å². The maximum absolute atomic E-state index is 5.45. The molecule has 0 unspecified atom stereocenters. The molecular weight excluding hydrogens is 591 g/mol. The normalized spacial score (nSPS) is 12.0. The van der Waals surface area contributed by atoms with Gasteiger partial charge in [-0.25, -0.2) is 0 Å². The maximum Gasteiger partial charge on any atom is 0.0636 e. The van der Waals surface area contributed by atoms with Gasteiger partial charge in [0.1, 0.15) is 0 Å². The first-order valence-corrected chi connectivity index (χ1v) is 19.0. The van der Waals surface area contributed by atoms with Crippen molar-refractivity contribution in [3.8, 4) is 0 Å². The summed E-state index contributed by atoms with van der Waals surface area (Å²) >= 11 is 0. The molecule has 0 radical (unpaired) electrons. The van der Waals surface area contributed by atoms with Crippen molar-refractivity contribution in [2.24, 2.45) is 9.98 Å². The molecule has 0 aliphatic rings. The van der Waals surface area contributed by atoms with Crippen molar-refractivity contribution in [3.63, 3.8) is 0 Å². The molecule has 0 bridgehead atoms. The Morgan fingerprint density at radius 2 is 0.756 bits per heavy atom. The second-order valence-corrected chi connectivity index (χ2v) is 13.1. The van der Waals surface area contributed by atoms with Crippen molar-refractivity contribution in [3.05, 3.63) is 58.7 Å². The fraction of sp³-hybridized carbons (Fsp3) is 0.667. The molecule has 0 aromatic heterocycles. The van der Waals surface area contributed by atoms with E-state index in [1.54, 1.807) is 0 Å². The molecule has 0 spiro atoms. The minimum Gasteiger partial charge on any atom is -0.252 e. The van der Waals surface area contributed by atoms with E-state index in [-0.39, 0.29) is 16.5 Å². The van der Waals surface area contributed by atoms with Crippen molar-refractivity contribution in [2.45, 2.75) is 183 Å². The summed E-state index contributed by atoms with van der Waals surface area (Å²) in [6.45, 7) is 13.8. The Kier molecular flexibility index (Phi) is 24.2. The van der Waals surface area contributed by atoms with Crippen LogP contribution in [0.1, 0.15) is 179 Å². The third-order valence-electron chi connectivity index (χ3n) is 8.97. The molecule has 2 rings (SSSR count). The van der Waals surface area contributed by atoms with E-state index in [0.29, 0.717) is 0 Å². The molecule has 2 aromatic carbocycles. The van der Waals surface area contributed by atoms with E-state index in [9.17, 15) is 0 Å².